The molecule has 178 valence electrons. The van der Waals surface area contributed by atoms with E-state index >= 15 is 0 Å². The predicted octanol–water partition coefficient (Wildman–Crippen LogP) is 0.916. The van der Waals surface area contributed by atoms with Crippen molar-refractivity contribution >= 4 is 28.4 Å². The number of rotatable bonds is 2. The van der Waals surface area contributed by atoms with Crippen molar-refractivity contribution in [1.29, 1.82) is 0 Å². The van der Waals surface area contributed by atoms with E-state index in [0.717, 1.165) is 7.11 Å². The van der Waals surface area contributed by atoms with Crippen LogP contribution in [0, 0.1) is 0 Å². The van der Waals surface area contributed by atoms with Crippen LogP contribution in [0.5, 0.6) is 11.5 Å². The summed E-state index contributed by atoms with van der Waals surface area (Å²) in [4.78, 5) is 38.5. The summed E-state index contributed by atoms with van der Waals surface area (Å²) in [5, 5.41) is 22.8. The summed E-state index contributed by atoms with van der Waals surface area (Å²) in [6.07, 6.45) is -3.57. The monoisotopic (exact) mass is 479 g/mol. The second-order valence-electron chi connectivity index (χ2n) is 8.82. The highest BCUT2D eigenvalue weighted by atomic mass is 16.6. The van der Waals surface area contributed by atoms with Crippen LogP contribution in [0.15, 0.2) is 39.2 Å². The highest BCUT2D eigenvalue weighted by Gasteiger charge is 2.72. The van der Waals surface area contributed by atoms with E-state index in [-0.39, 0.29) is 23.6 Å². The summed E-state index contributed by atoms with van der Waals surface area (Å²) in [6.45, 7) is 0.135. The van der Waals surface area contributed by atoms with Gasteiger partial charge in [0, 0.05) is 11.1 Å². The number of esters is 1. The van der Waals surface area contributed by atoms with E-state index in [1.54, 1.807) is 24.3 Å². The number of carbonyl (C=O) groups excluding carboxylic acids is 2. The molecule has 7 rings (SSSR count). The molecule has 3 aromatic rings. The number of ketones is 1. The van der Waals surface area contributed by atoms with Gasteiger partial charge in [0.15, 0.2) is 5.78 Å². The van der Waals surface area contributed by atoms with Crippen molar-refractivity contribution in [3.8, 4) is 22.6 Å². The van der Waals surface area contributed by atoms with Crippen LogP contribution in [-0.2, 0) is 25.6 Å². The number of aromatic nitrogens is 1. The molecule has 4 aliphatic rings. The number of para-hydroxylation sites is 1. The fourth-order valence-corrected chi connectivity index (χ4v) is 5.65. The maximum absolute atomic E-state index is 13.2. The third kappa shape index (κ3) is 2.20. The Labute approximate surface area is 195 Å². The molecule has 0 bridgehead atoms. The number of ether oxygens (including phenoxy) is 4. The standard InChI is InChI=1S/C24H17NO10/c1-31-18-12-8(7-25-15-9(12)4-3-5-10(15)22(29)35-25)6-11-13(18)16(26)14-17(27)19-20(33-19)21(28)24(14,34-11)23(30)32-2/h3-6,19-21,26,28H,7H2,1-2H3/t19-,20-,21-,24+/m0/s1. The molecule has 3 aliphatic heterocycles. The first-order valence-electron chi connectivity index (χ1n) is 10.8. The minimum Gasteiger partial charge on any atom is -0.506 e. The third-order valence-electron chi connectivity index (χ3n) is 7.18. The van der Waals surface area contributed by atoms with Gasteiger partial charge in [-0.15, -0.1) is 0 Å². The molecule has 2 N–H and O–H groups in total. The number of benzene rings is 2. The normalized spacial score (nSPS) is 27.4. The van der Waals surface area contributed by atoms with E-state index in [1.165, 1.54) is 11.8 Å². The second kappa shape index (κ2) is 6.32. The van der Waals surface area contributed by atoms with Gasteiger partial charge < -0.3 is 33.7 Å². The number of carbonyl (C=O) groups is 2. The lowest BCUT2D eigenvalue weighted by Crippen LogP contribution is -2.64. The Kier molecular flexibility index (Phi) is 3.66. The molecule has 0 spiro atoms. The molecule has 1 saturated carbocycles. The Morgan fingerprint density at radius 3 is 2.77 bits per heavy atom. The van der Waals surface area contributed by atoms with Crippen LogP contribution in [0.1, 0.15) is 11.1 Å². The number of Topliss-reactive ketones (excluding diaryl/α,β-unsaturated/α-hetero) is 1. The van der Waals surface area contributed by atoms with Crippen molar-refractivity contribution in [2.45, 2.75) is 30.5 Å². The zero-order valence-electron chi connectivity index (χ0n) is 18.4. The van der Waals surface area contributed by atoms with E-state index in [4.69, 9.17) is 23.5 Å². The van der Waals surface area contributed by atoms with Crippen molar-refractivity contribution in [3.05, 3.63) is 51.4 Å². The average Bonchev–Trinajstić information content (AvgIpc) is 3.60. The molecule has 4 atom stereocenters. The molecule has 1 aromatic heterocycles. The summed E-state index contributed by atoms with van der Waals surface area (Å²) in [5.41, 5.74) is -0.862. The van der Waals surface area contributed by atoms with Gasteiger partial charge in [0.05, 0.1) is 37.2 Å². The van der Waals surface area contributed by atoms with Crippen molar-refractivity contribution in [1.82, 2.24) is 4.74 Å². The van der Waals surface area contributed by atoms with E-state index < -0.39 is 52.6 Å². The van der Waals surface area contributed by atoms with Gasteiger partial charge in [-0.25, -0.2) is 14.3 Å². The number of hydrogen-bond donors (Lipinski definition) is 2. The molecule has 2 aromatic carbocycles. The summed E-state index contributed by atoms with van der Waals surface area (Å²) in [5.74, 6) is -2.14. The molecule has 4 heterocycles. The Morgan fingerprint density at radius 1 is 1.23 bits per heavy atom. The number of aliphatic hydroxyl groups is 2. The highest BCUT2D eigenvalue weighted by molar-refractivity contribution is 6.16. The summed E-state index contributed by atoms with van der Waals surface area (Å²) < 4.78 is 28.8. The topological polar surface area (TPSA) is 150 Å². The van der Waals surface area contributed by atoms with Gasteiger partial charge in [-0.3, -0.25) is 4.79 Å². The molecular formula is C24H17NO10. The van der Waals surface area contributed by atoms with Crippen molar-refractivity contribution < 1.29 is 43.3 Å². The summed E-state index contributed by atoms with van der Waals surface area (Å²) in [6, 6.07) is 6.70. The zero-order chi connectivity index (χ0) is 24.4. The summed E-state index contributed by atoms with van der Waals surface area (Å²) >= 11 is 0. The molecule has 0 unspecified atom stereocenters. The van der Waals surface area contributed by atoms with Crippen molar-refractivity contribution in [2.75, 3.05) is 14.2 Å². The van der Waals surface area contributed by atoms with Crippen LogP contribution in [0.2, 0.25) is 0 Å². The molecule has 1 saturated heterocycles. The van der Waals surface area contributed by atoms with Crippen LogP contribution in [0.3, 0.4) is 0 Å². The molecule has 0 radical (unpaired) electrons. The minimum absolute atomic E-state index is 0.0108. The minimum atomic E-state index is -2.32. The van der Waals surface area contributed by atoms with Gasteiger partial charge >= 0.3 is 11.6 Å². The van der Waals surface area contributed by atoms with E-state index in [1.807, 2.05) is 0 Å². The molecule has 2 fully saturated rings. The highest BCUT2D eigenvalue weighted by Crippen LogP contribution is 2.56. The number of fused-ring (bicyclic) bond motifs is 5. The number of methoxy groups -OCH3 is 2. The number of nitrogens with zero attached hydrogens (tertiary/aromatic N) is 1. The first-order valence-corrected chi connectivity index (χ1v) is 10.8. The Hall–Kier alpha value is -4.09. The van der Waals surface area contributed by atoms with Crippen LogP contribution in [0.4, 0.5) is 0 Å². The number of aliphatic hydroxyl groups excluding tert-OH is 2. The predicted molar refractivity (Wildman–Crippen MR) is 116 cm³/mol. The lowest BCUT2D eigenvalue weighted by molar-refractivity contribution is -0.168. The molecule has 11 heteroatoms. The van der Waals surface area contributed by atoms with Gasteiger partial charge in [0.1, 0.15) is 41.1 Å². The Balaban J connectivity index is 1.56. The van der Waals surface area contributed by atoms with E-state index in [9.17, 15) is 24.6 Å². The van der Waals surface area contributed by atoms with Crippen LogP contribution < -0.4 is 15.1 Å². The van der Waals surface area contributed by atoms with Crippen LogP contribution >= 0.6 is 0 Å². The second-order valence-corrected chi connectivity index (χ2v) is 8.82. The smallest absolute Gasteiger partial charge is 0.365 e. The fraction of sp³-hybridized carbons (Fsp3) is 0.292. The Morgan fingerprint density at radius 2 is 2.03 bits per heavy atom. The maximum Gasteiger partial charge on any atom is 0.365 e. The average molecular weight is 479 g/mol. The van der Waals surface area contributed by atoms with Crippen LogP contribution in [-0.4, -0.2) is 64.8 Å². The third-order valence-corrected chi connectivity index (χ3v) is 7.18. The van der Waals surface area contributed by atoms with Crippen molar-refractivity contribution in [2.24, 2.45) is 0 Å². The van der Waals surface area contributed by atoms with Gasteiger partial charge in [-0.05, 0) is 17.7 Å². The van der Waals surface area contributed by atoms with E-state index in [0.29, 0.717) is 27.6 Å². The lowest BCUT2D eigenvalue weighted by atomic mass is 9.73. The van der Waals surface area contributed by atoms with Gasteiger partial charge in [0.25, 0.3) is 5.60 Å². The van der Waals surface area contributed by atoms with Crippen molar-refractivity contribution in [3.63, 3.8) is 0 Å². The zero-order valence-corrected chi connectivity index (χ0v) is 18.4. The molecule has 1 aliphatic carbocycles. The largest absolute Gasteiger partial charge is 0.506 e. The SMILES string of the molecule is COC(=O)[C@@]12Oc3cc4c(c(OC)c3C(O)=C1C(=O)[C@@H]1O[C@@H]1[C@@H]2O)-c1cccc2c(=O)on(c12)C4. The lowest BCUT2D eigenvalue weighted by Gasteiger charge is -2.42. The number of hydrogen-bond acceptors (Lipinski definition) is 10. The van der Waals surface area contributed by atoms with Gasteiger partial charge in [-0.2, -0.15) is 0 Å². The summed E-state index contributed by atoms with van der Waals surface area (Å²) in [7, 11) is 2.48. The first-order chi connectivity index (χ1) is 16.8. The number of epoxide rings is 1. The first kappa shape index (κ1) is 20.3. The quantitative estimate of drug-likeness (QED) is 0.314. The molecular weight excluding hydrogens is 462 g/mol. The Bertz CT molecular complexity index is 1610. The maximum atomic E-state index is 13.2. The molecule has 35 heavy (non-hydrogen) atoms. The van der Waals surface area contributed by atoms with Crippen LogP contribution in [0.25, 0.3) is 27.8 Å². The van der Waals surface area contributed by atoms with Gasteiger partial charge in [-0.1, -0.05) is 12.1 Å². The molecule has 11 nitrogen and oxygen atoms in total. The fourth-order valence-electron chi connectivity index (χ4n) is 5.65. The molecule has 0 amide bonds. The van der Waals surface area contributed by atoms with Gasteiger partial charge in [0.2, 0.25) is 0 Å². The van der Waals surface area contributed by atoms with E-state index in [2.05, 4.69) is 0 Å².